The number of anilines is 1. The van der Waals surface area contributed by atoms with E-state index in [9.17, 15) is 0 Å². The topological polar surface area (TPSA) is 62.7 Å². The van der Waals surface area contributed by atoms with E-state index < -0.39 is 0 Å². The zero-order valence-corrected chi connectivity index (χ0v) is 11.5. The van der Waals surface area contributed by atoms with Gasteiger partial charge in [-0.3, -0.25) is 0 Å². The number of thiazole rings is 1. The summed E-state index contributed by atoms with van der Waals surface area (Å²) in [5.74, 6) is 1.02. The third-order valence-corrected chi connectivity index (χ3v) is 4.69. The lowest BCUT2D eigenvalue weighted by molar-refractivity contribution is 0.448. The molecule has 0 aliphatic carbocycles. The van der Waals surface area contributed by atoms with Gasteiger partial charge in [0.05, 0.1) is 21.4 Å². The first-order valence-corrected chi connectivity index (χ1v) is 7.02. The Morgan fingerprint density at radius 3 is 2.75 bits per heavy atom. The largest absolute Gasteiger partial charge is 0.375 e. The highest BCUT2D eigenvalue weighted by atomic mass is 32.2. The smallest absolute Gasteiger partial charge is 0.181 e. The zero-order chi connectivity index (χ0) is 12.2. The number of aromatic nitrogens is 1. The monoisotopic (exact) mass is 255 g/mol. The lowest BCUT2D eigenvalue weighted by atomic mass is 9.90. The third-order valence-electron chi connectivity index (χ3n) is 2.25. The Bertz CT molecular complexity index is 390. The van der Waals surface area contributed by atoms with Crippen LogP contribution in [0.3, 0.4) is 0 Å². The van der Waals surface area contributed by atoms with Crippen LogP contribution < -0.4 is 5.73 Å². The molecule has 1 heterocycles. The minimum atomic E-state index is -0.206. The molecular weight excluding hydrogens is 238 g/mol. The molecule has 0 aliphatic rings. The Morgan fingerprint density at radius 2 is 2.25 bits per heavy atom. The molecule has 0 radical (unpaired) electrons. The summed E-state index contributed by atoms with van der Waals surface area (Å²) in [6, 6.07) is 2.32. The Kier molecular flexibility index (Phi) is 4.63. The molecule has 0 saturated carbocycles. The SMILES string of the molecule is Cc1nc(N)sc1SCCCC(C)(C)C#N. The maximum Gasteiger partial charge on any atom is 0.181 e. The van der Waals surface area contributed by atoms with Crippen LogP contribution in [0.15, 0.2) is 4.21 Å². The van der Waals surface area contributed by atoms with E-state index in [1.165, 1.54) is 4.21 Å². The van der Waals surface area contributed by atoms with E-state index in [1.807, 2.05) is 20.8 Å². The van der Waals surface area contributed by atoms with Crippen molar-refractivity contribution in [2.45, 2.75) is 37.8 Å². The van der Waals surface area contributed by atoms with Gasteiger partial charge in [-0.25, -0.2) is 4.98 Å². The highest BCUT2D eigenvalue weighted by Crippen LogP contribution is 2.32. The number of thioether (sulfide) groups is 1. The lowest BCUT2D eigenvalue weighted by Gasteiger charge is -2.13. The molecule has 5 heteroatoms. The van der Waals surface area contributed by atoms with Crippen LogP contribution in [0, 0.1) is 23.7 Å². The fourth-order valence-electron chi connectivity index (χ4n) is 1.27. The van der Waals surface area contributed by atoms with Crippen molar-refractivity contribution in [2.75, 3.05) is 11.5 Å². The molecule has 0 unspecified atom stereocenters. The quantitative estimate of drug-likeness (QED) is 0.646. The molecular formula is C11H17N3S2. The van der Waals surface area contributed by atoms with Gasteiger partial charge in [-0.15, -0.1) is 11.8 Å². The molecule has 1 aromatic heterocycles. The fourth-order valence-corrected chi connectivity index (χ4v) is 3.31. The van der Waals surface area contributed by atoms with E-state index in [4.69, 9.17) is 11.0 Å². The van der Waals surface area contributed by atoms with Crippen LogP contribution in [0.25, 0.3) is 0 Å². The average molecular weight is 255 g/mol. The predicted molar refractivity (Wildman–Crippen MR) is 70.6 cm³/mol. The van der Waals surface area contributed by atoms with Gasteiger partial charge in [-0.1, -0.05) is 11.3 Å². The molecule has 0 aliphatic heterocycles. The van der Waals surface area contributed by atoms with Gasteiger partial charge in [0.2, 0.25) is 0 Å². The normalized spacial score (nSPS) is 11.4. The summed E-state index contributed by atoms with van der Waals surface area (Å²) in [7, 11) is 0. The van der Waals surface area contributed by atoms with Gasteiger partial charge >= 0.3 is 0 Å². The fraction of sp³-hybridized carbons (Fsp3) is 0.636. The number of rotatable bonds is 5. The Morgan fingerprint density at radius 1 is 1.56 bits per heavy atom. The molecule has 0 spiro atoms. The number of nitrogens with two attached hydrogens (primary N) is 1. The molecule has 0 bridgehead atoms. The van der Waals surface area contributed by atoms with Crippen molar-refractivity contribution in [1.82, 2.24) is 4.98 Å². The Balaban J connectivity index is 2.32. The van der Waals surface area contributed by atoms with Crippen molar-refractivity contribution in [3.05, 3.63) is 5.69 Å². The first kappa shape index (κ1) is 13.3. The lowest BCUT2D eigenvalue weighted by Crippen LogP contribution is -2.07. The predicted octanol–water partition coefficient (Wildman–Crippen LogP) is 3.46. The van der Waals surface area contributed by atoms with Crippen LogP contribution in [0.5, 0.6) is 0 Å². The van der Waals surface area contributed by atoms with Crippen LogP contribution in [-0.2, 0) is 0 Å². The van der Waals surface area contributed by atoms with Gasteiger partial charge < -0.3 is 5.73 Å². The number of hydrogen-bond donors (Lipinski definition) is 1. The average Bonchev–Trinajstić information content (AvgIpc) is 2.52. The van der Waals surface area contributed by atoms with Gasteiger partial charge in [0.15, 0.2) is 5.13 Å². The van der Waals surface area contributed by atoms with E-state index in [1.54, 1.807) is 23.1 Å². The molecule has 0 saturated heterocycles. The van der Waals surface area contributed by atoms with Crippen molar-refractivity contribution < 1.29 is 0 Å². The summed E-state index contributed by atoms with van der Waals surface area (Å²) in [5.41, 5.74) is 6.44. The number of aryl methyl sites for hydroxylation is 1. The van der Waals surface area contributed by atoms with Crippen molar-refractivity contribution >= 4 is 28.2 Å². The van der Waals surface area contributed by atoms with Crippen molar-refractivity contribution in [3.63, 3.8) is 0 Å². The standard InChI is InChI=1S/C11H17N3S2/c1-8-9(16-10(13)14-8)15-6-4-5-11(2,3)7-12/h4-6H2,1-3H3,(H2,13,14). The minimum Gasteiger partial charge on any atom is -0.375 e. The summed E-state index contributed by atoms with van der Waals surface area (Å²) >= 11 is 3.33. The summed E-state index contributed by atoms with van der Waals surface area (Å²) < 4.78 is 1.20. The molecule has 2 N–H and O–H groups in total. The summed E-state index contributed by atoms with van der Waals surface area (Å²) in [6.07, 6.45) is 1.98. The first-order valence-electron chi connectivity index (χ1n) is 5.21. The molecule has 0 amide bonds. The molecule has 0 fully saturated rings. The van der Waals surface area contributed by atoms with Crippen LogP contribution in [0.2, 0.25) is 0 Å². The third kappa shape index (κ3) is 4.03. The minimum absolute atomic E-state index is 0.206. The van der Waals surface area contributed by atoms with Gasteiger partial charge in [0.1, 0.15) is 0 Å². The van der Waals surface area contributed by atoms with Crippen molar-refractivity contribution in [1.29, 1.82) is 5.26 Å². The molecule has 16 heavy (non-hydrogen) atoms. The highest BCUT2D eigenvalue weighted by Gasteiger charge is 2.15. The molecule has 0 atom stereocenters. The molecule has 3 nitrogen and oxygen atoms in total. The maximum absolute atomic E-state index is 8.88. The zero-order valence-electron chi connectivity index (χ0n) is 9.91. The molecule has 1 rings (SSSR count). The van der Waals surface area contributed by atoms with E-state index >= 15 is 0 Å². The number of nitrogen functional groups attached to an aromatic ring is 1. The number of nitrogens with zero attached hydrogens (tertiary/aromatic N) is 2. The van der Waals surface area contributed by atoms with Crippen molar-refractivity contribution in [2.24, 2.45) is 5.41 Å². The Labute approximate surface area is 105 Å². The van der Waals surface area contributed by atoms with Gasteiger partial charge in [-0.05, 0) is 39.4 Å². The highest BCUT2D eigenvalue weighted by molar-refractivity contribution is 8.01. The number of hydrogen-bond acceptors (Lipinski definition) is 5. The van der Waals surface area contributed by atoms with Crippen LogP contribution >= 0.6 is 23.1 Å². The summed E-state index contributed by atoms with van der Waals surface area (Å²) in [6.45, 7) is 5.94. The van der Waals surface area contributed by atoms with Gasteiger partial charge in [-0.2, -0.15) is 5.26 Å². The molecule has 0 aromatic carbocycles. The van der Waals surface area contributed by atoms with Crippen molar-refractivity contribution in [3.8, 4) is 6.07 Å². The summed E-state index contributed by atoms with van der Waals surface area (Å²) in [4.78, 5) is 4.18. The van der Waals surface area contributed by atoms with E-state index in [0.717, 1.165) is 24.3 Å². The van der Waals surface area contributed by atoms with Crippen LogP contribution in [-0.4, -0.2) is 10.7 Å². The second kappa shape index (κ2) is 5.55. The van der Waals surface area contributed by atoms with Crippen LogP contribution in [0.4, 0.5) is 5.13 Å². The second-order valence-corrected chi connectivity index (χ2v) is 6.77. The maximum atomic E-state index is 8.88. The Hall–Kier alpha value is -0.730. The molecule has 88 valence electrons. The number of nitriles is 1. The summed E-state index contributed by atoms with van der Waals surface area (Å²) in [5, 5.41) is 9.51. The molecule has 1 aromatic rings. The van der Waals surface area contributed by atoms with E-state index in [2.05, 4.69) is 11.1 Å². The first-order chi connectivity index (χ1) is 7.44. The van der Waals surface area contributed by atoms with E-state index in [-0.39, 0.29) is 5.41 Å². The van der Waals surface area contributed by atoms with Gasteiger partial charge in [0.25, 0.3) is 0 Å². The van der Waals surface area contributed by atoms with Gasteiger partial charge in [0, 0.05) is 0 Å². The second-order valence-electron chi connectivity index (χ2n) is 4.37. The van der Waals surface area contributed by atoms with E-state index in [0.29, 0.717) is 5.13 Å². The van der Waals surface area contributed by atoms with Crippen LogP contribution in [0.1, 0.15) is 32.4 Å².